The third-order valence-electron chi connectivity index (χ3n) is 6.07. The lowest BCUT2D eigenvalue weighted by molar-refractivity contribution is 0.0133. The summed E-state index contributed by atoms with van der Waals surface area (Å²) in [6, 6.07) is 0. The number of hydrogen-bond acceptors (Lipinski definition) is 2. The molecule has 0 radical (unpaired) electrons. The first kappa shape index (κ1) is 14.8. The highest BCUT2D eigenvalue weighted by Gasteiger charge is 2.45. The van der Waals surface area contributed by atoms with Crippen LogP contribution in [0.4, 0.5) is 0 Å². The second-order valence-corrected chi connectivity index (χ2v) is 8.20. The molecule has 0 bridgehead atoms. The molecule has 1 aliphatic heterocycles. The van der Waals surface area contributed by atoms with Gasteiger partial charge in [0.05, 0.1) is 12.7 Å². The number of rotatable bonds is 5. The summed E-state index contributed by atoms with van der Waals surface area (Å²) >= 11 is 0. The molecule has 3 fully saturated rings. The van der Waals surface area contributed by atoms with Crippen LogP contribution in [0.3, 0.4) is 0 Å². The summed E-state index contributed by atoms with van der Waals surface area (Å²) in [5, 5.41) is 0. The summed E-state index contributed by atoms with van der Waals surface area (Å²) < 4.78 is 5.89. The van der Waals surface area contributed by atoms with E-state index in [1.165, 1.54) is 77.4 Å². The van der Waals surface area contributed by atoms with E-state index in [0.717, 1.165) is 12.0 Å². The molecule has 20 heavy (non-hydrogen) atoms. The molecule has 0 unspecified atom stereocenters. The summed E-state index contributed by atoms with van der Waals surface area (Å²) in [6.45, 7) is 9.31. The largest absolute Gasteiger partial charge is 0.378 e. The van der Waals surface area contributed by atoms with Crippen molar-refractivity contribution in [2.45, 2.75) is 77.7 Å². The monoisotopic (exact) mass is 279 g/mol. The highest BCUT2D eigenvalue weighted by atomic mass is 16.5. The van der Waals surface area contributed by atoms with Crippen LogP contribution in [0.2, 0.25) is 0 Å². The van der Waals surface area contributed by atoms with Gasteiger partial charge in [0.1, 0.15) is 0 Å². The van der Waals surface area contributed by atoms with Gasteiger partial charge in [-0.05, 0) is 70.9 Å². The van der Waals surface area contributed by atoms with Crippen molar-refractivity contribution in [2.75, 3.05) is 26.2 Å². The lowest BCUT2D eigenvalue weighted by Crippen LogP contribution is -2.44. The van der Waals surface area contributed by atoms with Crippen LogP contribution in [0.15, 0.2) is 0 Å². The van der Waals surface area contributed by atoms with Crippen LogP contribution < -0.4 is 0 Å². The molecule has 3 rings (SSSR count). The first-order valence-electron chi connectivity index (χ1n) is 8.96. The van der Waals surface area contributed by atoms with Gasteiger partial charge in [-0.2, -0.15) is 0 Å². The highest BCUT2D eigenvalue weighted by molar-refractivity contribution is 4.97. The third kappa shape index (κ3) is 3.57. The third-order valence-corrected chi connectivity index (χ3v) is 6.07. The lowest BCUT2D eigenvalue weighted by atomic mass is 9.68. The van der Waals surface area contributed by atoms with Gasteiger partial charge in [-0.15, -0.1) is 0 Å². The Morgan fingerprint density at radius 2 is 1.55 bits per heavy atom. The molecule has 0 aromatic carbocycles. The molecule has 1 saturated heterocycles. The van der Waals surface area contributed by atoms with E-state index in [9.17, 15) is 0 Å². The van der Waals surface area contributed by atoms with Gasteiger partial charge in [0.15, 0.2) is 0 Å². The van der Waals surface area contributed by atoms with Gasteiger partial charge in [0.25, 0.3) is 0 Å². The smallest absolute Gasteiger partial charge is 0.0538 e. The number of piperidine rings is 1. The molecule has 2 saturated carbocycles. The second kappa shape index (κ2) is 5.96. The Morgan fingerprint density at radius 1 is 0.900 bits per heavy atom. The summed E-state index contributed by atoms with van der Waals surface area (Å²) in [5.74, 6) is 0. The number of hydrogen-bond donors (Lipinski definition) is 0. The minimum Gasteiger partial charge on any atom is -0.378 e. The maximum absolute atomic E-state index is 5.89. The quantitative estimate of drug-likeness (QED) is 0.746. The van der Waals surface area contributed by atoms with Crippen molar-refractivity contribution in [3.8, 4) is 0 Å². The summed E-state index contributed by atoms with van der Waals surface area (Å²) in [5.41, 5.74) is 1.28. The molecule has 2 nitrogen and oxygen atoms in total. The van der Waals surface area contributed by atoms with Crippen molar-refractivity contribution in [1.29, 1.82) is 0 Å². The van der Waals surface area contributed by atoms with Crippen LogP contribution in [-0.2, 0) is 4.74 Å². The molecule has 0 aromatic heterocycles. The average Bonchev–Trinajstić information content (AvgIpc) is 3.21. The normalized spacial score (nSPS) is 28.9. The maximum atomic E-state index is 5.89. The summed E-state index contributed by atoms with van der Waals surface area (Å²) in [7, 11) is 0. The fourth-order valence-electron chi connectivity index (χ4n) is 4.33. The van der Waals surface area contributed by atoms with Crippen molar-refractivity contribution in [3.05, 3.63) is 0 Å². The number of likely N-dealkylation sites (tertiary alicyclic amines) is 1. The number of nitrogens with zero attached hydrogens (tertiary/aromatic N) is 1. The fraction of sp³-hybridized carbons (Fsp3) is 1.00. The Bertz CT molecular complexity index is 305. The average molecular weight is 279 g/mol. The molecule has 3 aliphatic rings. The van der Waals surface area contributed by atoms with Gasteiger partial charge in [-0.25, -0.2) is 0 Å². The standard InChI is InChI=1S/C18H33NO/c1-16(2)20-15-18(8-9-18)14-19-12-10-17(11-13-19)6-4-3-5-7-17/h16H,3-15H2,1-2H3. The van der Waals surface area contributed by atoms with Gasteiger partial charge in [-0.1, -0.05) is 19.3 Å². The SMILES string of the molecule is CC(C)OCC1(CN2CCC3(CCCCC3)CC2)CC1. The van der Waals surface area contributed by atoms with Crippen LogP contribution in [-0.4, -0.2) is 37.2 Å². The zero-order valence-electron chi connectivity index (χ0n) is 13.6. The zero-order chi connectivity index (χ0) is 14.1. The van der Waals surface area contributed by atoms with Crippen molar-refractivity contribution in [3.63, 3.8) is 0 Å². The fourth-order valence-corrected chi connectivity index (χ4v) is 4.33. The van der Waals surface area contributed by atoms with E-state index < -0.39 is 0 Å². The van der Waals surface area contributed by atoms with Crippen LogP contribution >= 0.6 is 0 Å². The molecule has 0 atom stereocenters. The Balaban J connectivity index is 1.44. The highest BCUT2D eigenvalue weighted by Crippen LogP contribution is 2.49. The van der Waals surface area contributed by atoms with Crippen LogP contribution in [0.1, 0.15) is 71.6 Å². The van der Waals surface area contributed by atoms with Gasteiger partial charge >= 0.3 is 0 Å². The molecule has 1 spiro atoms. The predicted molar refractivity (Wildman–Crippen MR) is 83.9 cm³/mol. The van der Waals surface area contributed by atoms with Gasteiger partial charge in [0.2, 0.25) is 0 Å². The van der Waals surface area contributed by atoms with Crippen molar-refractivity contribution < 1.29 is 4.74 Å². The molecule has 0 N–H and O–H groups in total. The lowest BCUT2D eigenvalue weighted by Gasteiger charge is -2.45. The number of ether oxygens (including phenoxy) is 1. The van der Waals surface area contributed by atoms with E-state index in [-0.39, 0.29) is 0 Å². The van der Waals surface area contributed by atoms with Gasteiger partial charge < -0.3 is 9.64 Å². The van der Waals surface area contributed by atoms with Crippen molar-refractivity contribution >= 4 is 0 Å². The van der Waals surface area contributed by atoms with Gasteiger partial charge in [-0.3, -0.25) is 0 Å². The predicted octanol–water partition coefficient (Wildman–Crippen LogP) is 4.24. The Hall–Kier alpha value is -0.0800. The van der Waals surface area contributed by atoms with E-state index in [2.05, 4.69) is 18.7 Å². The molecule has 116 valence electrons. The minimum atomic E-state index is 0.388. The molecular weight excluding hydrogens is 246 g/mol. The molecule has 0 amide bonds. The topological polar surface area (TPSA) is 12.5 Å². The van der Waals surface area contributed by atoms with E-state index in [0.29, 0.717) is 11.5 Å². The van der Waals surface area contributed by atoms with Crippen molar-refractivity contribution in [1.82, 2.24) is 4.90 Å². The molecule has 2 heteroatoms. The second-order valence-electron chi connectivity index (χ2n) is 8.20. The van der Waals surface area contributed by atoms with E-state index in [1.807, 2.05) is 0 Å². The zero-order valence-corrected chi connectivity index (χ0v) is 13.6. The van der Waals surface area contributed by atoms with Crippen LogP contribution in [0.5, 0.6) is 0 Å². The minimum absolute atomic E-state index is 0.388. The van der Waals surface area contributed by atoms with Crippen LogP contribution in [0.25, 0.3) is 0 Å². The molecule has 1 heterocycles. The van der Waals surface area contributed by atoms with Crippen LogP contribution in [0, 0.1) is 10.8 Å². The van der Waals surface area contributed by atoms with Gasteiger partial charge in [0, 0.05) is 12.0 Å². The van der Waals surface area contributed by atoms with E-state index in [4.69, 9.17) is 4.74 Å². The first-order chi connectivity index (χ1) is 9.62. The summed E-state index contributed by atoms with van der Waals surface area (Å²) in [6.07, 6.45) is 13.6. The summed E-state index contributed by atoms with van der Waals surface area (Å²) in [4.78, 5) is 2.75. The Labute approximate surface area is 125 Å². The Morgan fingerprint density at radius 3 is 2.10 bits per heavy atom. The van der Waals surface area contributed by atoms with E-state index in [1.54, 1.807) is 0 Å². The van der Waals surface area contributed by atoms with Crippen molar-refractivity contribution in [2.24, 2.45) is 10.8 Å². The molecule has 2 aliphatic carbocycles. The molecular formula is C18H33NO. The van der Waals surface area contributed by atoms with E-state index >= 15 is 0 Å². The Kier molecular flexibility index (Phi) is 4.42. The molecule has 0 aromatic rings. The maximum Gasteiger partial charge on any atom is 0.0538 e. The first-order valence-corrected chi connectivity index (χ1v) is 8.96.